The van der Waals surface area contributed by atoms with Gasteiger partial charge in [-0.05, 0) is 12.5 Å². The van der Waals surface area contributed by atoms with E-state index in [1.165, 1.54) is 0 Å². The maximum absolute atomic E-state index is 11.8. The van der Waals surface area contributed by atoms with Crippen LogP contribution in [0.2, 0.25) is 0 Å². The van der Waals surface area contributed by atoms with Crippen LogP contribution in [0, 0.1) is 6.92 Å². The minimum absolute atomic E-state index is 0.162. The van der Waals surface area contributed by atoms with Crippen molar-refractivity contribution in [1.29, 1.82) is 0 Å². The fourth-order valence-corrected chi connectivity index (χ4v) is 2.46. The quantitative estimate of drug-likeness (QED) is 0.661. The van der Waals surface area contributed by atoms with E-state index in [-0.39, 0.29) is 5.91 Å². The number of aromatic nitrogens is 6. The molecule has 0 fully saturated rings. The smallest absolute Gasteiger partial charge is 0.287 e. The minimum Gasteiger partial charge on any atom is -0.348 e. The molecule has 1 amide bonds. The van der Waals surface area contributed by atoms with E-state index >= 15 is 0 Å². The molecule has 3 aromatic rings. The molecule has 0 atom stereocenters. The van der Waals surface area contributed by atoms with E-state index in [1.807, 2.05) is 17.7 Å². The molecule has 3 aromatic heterocycles. The first-order chi connectivity index (χ1) is 11.2. The minimum atomic E-state index is -0.162. The number of nitrogens with zero attached hydrogens (tertiary/aromatic N) is 5. The van der Waals surface area contributed by atoms with Crippen LogP contribution in [0.25, 0.3) is 11.4 Å². The number of carbonyl (C=O) groups is 1. The lowest BCUT2D eigenvalue weighted by Crippen LogP contribution is -2.35. The third-order valence-corrected chi connectivity index (χ3v) is 3.58. The van der Waals surface area contributed by atoms with Crippen LogP contribution in [0.5, 0.6) is 0 Å². The maximum Gasteiger partial charge on any atom is 0.287 e. The number of anilines is 2. The van der Waals surface area contributed by atoms with Crippen molar-refractivity contribution >= 4 is 17.7 Å². The molecule has 1 aliphatic rings. The molecular weight excluding hydrogens is 296 g/mol. The van der Waals surface area contributed by atoms with E-state index in [2.05, 4.69) is 35.8 Å². The summed E-state index contributed by atoms with van der Waals surface area (Å²) in [6, 6.07) is 1.78. The van der Waals surface area contributed by atoms with Gasteiger partial charge in [0.05, 0.1) is 11.9 Å². The predicted molar refractivity (Wildman–Crippen MR) is 82.2 cm³/mol. The van der Waals surface area contributed by atoms with Gasteiger partial charge in [0.15, 0.2) is 5.82 Å². The summed E-state index contributed by atoms with van der Waals surface area (Å²) in [5.74, 6) is 1.38. The maximum atomic E-state index is 11.8. The molecule has 9 nitrogen and oxygen atoms in total. The average molecular weight is 310 g/mol. The number of imidazole rings is 1. The highest BCUT2D eigenvalue weighted by atomic mass is 16.2. The highest BCUT2D eigenvalue weighted by Gasteiger charge is 2.21. The van der Waals surface area contributed by atoms with Crippen molar-refractivity contribution in [3.05, 3.63) is 36.0 Å². The van der Waals surface area contributed by atoms with Gasteiger partial charge in [-0.2, -0.15) is 5.10 Å². The summed E-state index contributed by atoms with van der Waals surface area (Å²) in [7, 11) is 0. The first-order valence-electron chi connectivity index (χ1n) is 7.16. The standard InChI is InChI=1S/C14H14N8O/c1-8-6-16-14(19-10-2-3-17-21-10)20-11(8)9-7-22-5-4-15-13(23)12(22)18-9/h2-3,6-7H,4-5H2,1H3,(H,15,23)(H2,16,17,19,20,21). The number of aromatic amines is 1. The molecule has 0 saturated carbocycles. The van der Waals surface area contributed by atoms with Crippen molar-refractivity contribution in [1.82, 2.24) is 35.0 Å². The Bertz CT molecular complexity index is 867. The third-order valence-electron chi connectivity index (χ3n) is 3.58. The Labute approximate surface area is 131 Å². The fourth-order valence-electron chi connectivity index (χ4n) is 2.46. The molecule has 0 radical (unpaired) electrons. The molecule has 23 heavy (non-hydrogen) atoms. The van der Waals surface area contributed by atoms with Crippen LogP contribution in [0.4, 0.5) is 11.8 Å². The zero-order valence-electron chi connectivity index (χ0n) is 12.4. The third kappa shape index (κ3) is 2.41. The Hall–Kier alpha value is -3.23. The summed E-state index contributed by atoms with van der Waals surface area (Å²) in [5, 5.41) is 12.5. The Morgan fingerprint density at radius 2 is 2.26 bits per heavy atom. The Kier molecular flexibility index (Phi) is 3.04. The van der Waals surface area contributed by atoms with Crippen LogP contribution >= 0.6 is 0 Å². The number of amides is 1. The second-order valence-electron chi connectivity index (χ2n) is 5.22. The number of carbonyl (C=O) groups excluding carboxylic acids is 1. The normalized spacial score (nSPS) is 13.5. The molecule has 0 aliphatic carbocycles. The molecule has 4 rings (SSSR count). The fraction of sp³-hybridized carbons (Fsp3) is 0.214. The summed E-state index contributed by atoms with van der Waals surface area (Å²) in [4.78, 5) is 25.0. The molecule has 116 valence electrons. The Balaban J connectivity index is 1.72. The number of nitrogens with one attached hydrogen (secondary N) is 3. The number of rotatable bonds is 3. The lowest BCUT2D eigenvalue weighted by molar-refractivity contribution is 0.0922. The molecule has 0 spiro atoms. The molecule has 0 saturated heterocycles. The van der Waals surface area contributed by atoms with Gasteiger partial charge in [0, 0.05) is 31.5 Å². The van der Waals surface area contributed by atoms with Gasteiger partial charge in [-0.25, -0.2) is 15.0 Å². The van der Waals surface area contributed by atoms with Gasteiger partial charge in [-0.3, -0.25) is 9.89 Å². The lowest BCUT2D eigenvalue weighted by atomic mass is 10.2. The van der Waals surface area contributed by atoms with E-state index in [1.54, 1.807) is 18.5 Å². The second-order valence-corrected chi connectivity index (χ2v) is 5.22. The molecule has 9 heteroatoms. The topological polar surface area (TPSA) is 113 Å². The zero-order valence-corrected chi connectivity index (χ0v) is 12.4. The van der Waals surface area contributed by atoms with Crippen molar-refractivity contribution < 1.29 is 4.79 Å². The molecule has 1 aliphatic heterocycles. The van der Waals surface area contributed by atoms with E-state index < -0.39 is 0 Å². The number of fused-ring (bicyclic) bond motifs is 1. The number of aryl methyl sites for hydroxylation is 1. The van der Waals surface area contributed by atoms with Gasteiger partial charge in [0.25, 0.3) is 5.91 Å². The van der Waals surface area contributed by atoms with Crippen molar-refractivity contribution in [2.45, 2.75) is 13.5 Å². The molecular formula is C14H14N8O. The number of H-pyrrole nitrogens is 1. The van der Waals surface area contributed by atoms with Crippen LogP contribution in [0.3, 0.4) is 0 Å². The van der Waals surface area contributed by atoms with Gasteiger partial charge < -0.3 is 15.2 Å². The van der Waals surface area contributed by atoms with E-state index in [9.17, 15) is 4.79 Å². The van der Waals surface area contributed by atoms with Crippen LogP contribution < -0.4 is 10.6 Å². The SMILES string of the molecule is Cc1cnc(Nc2ccn[nH]2)nc1-c1cn2c(n1)C(=O)NCC2. The van der Waals surface area contributed by atoms with Gasteiger partial charge in [0.2, 0.25) is 5.95 Å². The summed E-state index contributed by atoms with van der Waals surface area (Å²) in [6.45, 7) is 3.22. The van der Waals surface area contributed by atoms with E-state index in [0.717, 1.165) is 5.56 Å². The van der Waals surface area contributed by atoms with Gasteiger partial charge in [-0.15, -0.1) is 0 Å². The molecule has 0 bridgehead atoms. The molecule has 3 N–H and O–H groups in total. The molecule has 0 aromatic carbocycles. The number of hydrogen-bond donors (Lipinski definition) is 3. The molecule has 4 heterocycles. The summed E-state index contributed by atoms with van der Waals surface area (Å²) >= 11 is 0. The van der Waals surface area contributed by atoms with E-state index in [0.29, 0.717) is 42.1 Å². The highest BCUT2D eigenvalue weighted by Crippen LogP contribution is 2.23. The first-order valence-corrected chi connectivity index (χ1v) is 7.16. The van der Waals surface area contributed by atoms with Gasteiger partial charge in [0.1, 0.15) is 11.5 Å². The number of hydrogen-bond acceptors (Lipinski definition) is 6. The Morgan fingerprint density at radius 1 is 1.35 bits per heavy atom. The average Bonchev–Trinajstić information content (AvgIpc) is 3.19. The zero-order chi connectivity index (χ0) is 15.8. The van der Waals surface area contributed by atoms with Crippen LogP contribution in [0.15, 0.2) is 24.7 Å². The van der Waals surface area contributed by atoms with Crippen LogP contribution in [-0.2, 0) is 6.54 Å². The second kappa shape index (κ2) is 5.20. The summed E-state index contributed by atoms with van der Waals surface area (Å²) < 4.78 is 1.84. The monoisotopic (exact) mass is 310 g/mol. The van der Waals surface area contributed by atoms with Crippen LogP contribution in [0.1, 0.15) is 16.2 Å². The van der Waals surface area contributed by atoms with Gasteiger partial charge in [-0.1, -0.05) is 0 Å². The molecule has 0 unspecified atom stereocenters. The van der Waals surface area contributed by atoms with Crippen LogP contribution in [-0.4, -0.2) is 42.2 Å². The van der Waals surface area contributed by atoms with Crippen molar-refractivity contribution in [2.24, 2.45) is 0 Å². The highest BCUT2D eigenvalue weighted by molar-refractivity contribution is 5.92. The lowest BCUT2D eigenvalue weighted by Gasteiger charge is -2.13. The Morgan fingerprint density at radius 3 is 3.04 bits per heavy atom. The van der Waals surface area contributed by atoms with E-state index in [4.69, 9.17) is 0 Å². The summed E-state index contributed by atoms with van der Waals surface area (Å²) in [6.07, 6.45) is 5.21. The largest absolute Gasteiger partial charge is 0.348 e. The van der Waals surface area contributed by atoms with Crippen molar-refractivity contribution in [2.75, 3.05) is 11.9 Å². The summed E-state index contributed by atoms with van der Waals surface area (Å²) in [5.41, 5.74) is 2.23. The van der Waals surface area contributed by atoms with Gasteiger partial charge >= 0.3 is 0 Å². The van der Waals surface area contributed by atoms with Crippen molar-refractivity contribution in [3.8, 4) is 11.4 Å². The first kappa shape index (κ1) is 13.4. The van der Waals surface area contributed by atoms with Crippen molar-refractivity contribution in [3.63, 3.8) is 0 Å². The predicted octanol–water partition coefficient (Wildman–Crippen LogP) is 0.859.